The molecule has 0 bridgehead atoms. The number of aryl methyl sites for hydroxylation is 1. The van der Waals surface area contributed by atoms with E-state index in [-0.39, 0.29) is 29.5 Å². The monoisotopic (exact) mass is 475 g/mol. The Kier molecular flexibility index (Phi) is 6.71. The van der Waals surface area contributed by atoms with Gasteiger partial charge in [0.05, 0.1) is 19.1 Å². The van der Waals surface area contributed by atoms with E-state index in [4.69, 9.17) is 18.9 Å². The smallest absolute Gasteiger partial charge is 0.229 e. The highest BCUT2D eigenvalue weighted by Crippen LogP contribution is 2.41. The van der Waals surface area contributed by atoms with Crippen LogP contribution in [0.2, 0.25) is 0 Å². The van der Waals surface area contributed by atoms with Crippen molar-refractivity contribution in [2.75, 3.05) is 13.7 Å². The first kappa shape index (κ1) is 23.9. The molecule has 1 fully saturated rings. The van der Waals surface area contributed by atoms with Crippen molar-refractivity contribution in [1.82, 2.24) is 0 Å². The molecule has 4 rings (SSSR count). The molecular formula is C23H25NO10. The summed E-state index contributed by atoms with van der Waals surface area (Å²) in [6.07, 6.45) is -7.90. The van der Waals surface area contributed by atoms with Crippen LogP contribution in [0.1, 0.15) is 34.0 Å². The van der Waals surface area contributed by atoms with Crippen molar-refractivity contribution in [2.45, 2.75) is 50.2 Å². The predicted octanol–water partition coefficient (Wildman–Crippen LogP) is 1.37. The minimum atomic E-state index is -1.62. The molecule has 0 radical (unpaired) electrons. The molecule has 11 nitrogen and oxygen atoms in total. The van der Waals surface area contributed by atoms with Crippen LogP contribution < -0.4 is 14.2 Å². The highest BCUT2D eigenvalue weighted by atomic mass is 16.7. The largest absolute Gasteiger partial charge is 0.504 e. The molecule has 0 saturated carbocycles. The van der Waals surface area contributed by atoms with Crippen molar-refractivity contribution in [3.63, 3.8) is 0 Å². The van der Waals surface area contributed by atoms with Gasteiger partial charge in [-0.1, -0.05) is 11.2 Å². The summed E-state index contributed by atoms with van der Waals surface area (Å²) < 4.78 is 22.2. The van der Waals surface area contributed by atoms with Gasteiger partial charge in [0, 0.05) is 6.07 Å². The third kappa shape index (κ3) is 4.42. The number of fused-ring (bicyclic) bond motifs is 1. The van der Waals surface area contributed by atoms with Crippen molar-refractivity contribution in [3.05, 3.63) is 51.9 Å². The lowest BCUT2D eigenvalue weighted by molar-refractivity contribution is -0.269. The number of benzene rings is 2. The Morgan fingerprint density at radius 2 is 1.88 bits per heavy atom. The Hall–Kier alpha value is -3.25. The van der Waals surface area contributed by atoms with Crippen molar-refractivity contribution in [3.8, 4) is 23.0 Å². The minimum Gasteiger partial charge on any atom is -0.504 e. The number of carbonyl (C=O) groups excluding carboxylic acids is 1. The van der Waals surface area contributed by atoms with E-state index in [9.17, 15) is 30.1 Å². The van der Waals surface area contributed by atoms with E-state index in [0.717, 1.165) is 0 Å². The fourth-order valence-corrected chi connectivity index (χ4v) is 4.17. The molecule has 2 aliphatic rings. The summed E-state index contributed by atoms with van der Waals surface area (Å²) in [4.78, 5) is 23.5. The number of phenolic OH excluding ortho intramolecular Hbond substituents is 1. The number of hydrogen-bond donors (Lipinski definition) is 4. The van der Waals surface area contributed by atoms with Crippen LogP contribution in [0, 0.1) is 11.8 Å². The van der Waals surface area contributed by atoms with Gasteiger partial charge < -0.3 is 39.4 Å². The zero-order valence-electron chi connectivity index (χ0n) is 18.5. The molecule has 6 unspecified atom stereocenters. The Balaban J connectivity index is 1.59. The van der Waals surface area contributed by atoms with Crippen LogP contribution in [0.3, 0.4) is 0 Å². The number of nitroso groups, excluding NO2 is 1. The van der Waals surface area contributed by atoms with Crippen molar-refractivity contribution >= 4 is 5.78 Å². The number of hydrogen-bond acceptors (Lipinski definition) is 11. The summed E-state index contributed by atoms with van der Waals surface area (Å²) in [7, 11) is 1.43. The Morgan fingerprint density at radius 3 is 2.56 bits per heavy atom. The Bertz CT molecular complexity index is 1090. The molecule has 11 heteroatoms. The molecule has 0 amide bonds. The number of Topliss-reactive ketones (excluding diaryl/α,β-unsaturated/α-hetero) is 1. The number of nitrogens with zero attached hydrogens (tertiary/aromatic N) is 1. The van der Waals surface area contributed by atoms with Crippen LogP contribution in [0.15, 0.2) is 35.5 Å². The second kappa shape index (κ2) is 9.55. The predicted molar refractivity (Wildman–Crippen MR) is 116 cm³/mol. The number of aromatic hydroxyl groups is 1. The molecule has 0 aliphatic carbocycles. The van der Waals surface area contributed by atoms with Crippen LogP contribution in [0.5, 0.6) is 23.0 Å². The lowest BCUT2D eigenvalue weighted by Crippen LogP contribution is -2.59. The summed E-state index contributed by atoms with van der Waals surface area (Å²) in [6.45, 7) is 1.25. The van der Waals surface area contributed by atoms with Crippen LogP contribution in [0.25, 0.3) is 0 Å². The van der Waals surface area contributed by atoms with Gasteiger partial charge in [-0.3, -0.25) is 4.79 Å². The highest BCUT2D eigenvalue weighted by molar-refractivity contribution is 6.01. The number of aliphatic hydroxyl groups is 3. The molecule has 1 saturated heterocycles. The van der Waals surface area contributed by atoms with Gasteiger partial charge in [-0.2, -0.15) is 4.91 Å². The van der Waals surface area contributed by atoms with E-state index < -0.39 is 43.4 Å². The summed E-state index contributed by atoms with van der Waals surface area (Å²) >= 11 is 0. The first-order valence-corrected chi connectivity index (χ1v) is 10.6. The summed E-state index contributed by atoms with van der Waals surface area (Å²) in [5.74, 6) is 0.462. The summed E-state index contributed by atoms with van der Waals surface area (Å²) in [6, 6.07) is 7.74. The average molecular weight is 475 g/mol. The SMILES string of the molecule is COc1ccc(C2CC(=O)c3c(C)cc(OC4OC(CN=O)C(O)C(O)C4O)cc3O2)cc1O. The molecule has 6 atom stereocenters. The Labute approximate surface area is 194 Å². The molecule has 2 aromatic carbocycles. The van der Waals surface area contributed by atoms with Gasteiger partial charge in [0.25, 0.3) is 0 Å². The molecule has 0 spiro atoms. The Morgan fingerprint density at radius 1 is 1.12 bits per heavy atom. The number of ether oxygens (including phenoxy) is 4. The first-order valence-electron chi connectivity index (χ1n) is 10.6. The second-order valence-electron chi connectivity index (χ2n) is 8.22. The van der Waals surface area contributed by atoms with Gasteiger partial charge >= 0.3 is 0 Å². The van der Waals surface area contributed by atoms with E-state index in [2.05, 4.69) is 5.18 Å². The van der Waals surface area contributed by atoms with E-state index in [0.29, 0.717) is 22.4 Å². The van der Waals surface area contributed by atoms with Crippen LogP contribution in [0.4, 0.5) is 0 Å². The summed E-state index contributed by atoms with van der Waals surface area (Å²) in [5, 5.41) is 43.1. The normalized spacial score (nSPS) is 28.6. The third-order valence-corrected chi connectivity index (χ3v) is 5.94. The zero-order valence-corrected chi connectivity index (χ0v) is 18.5. The van der Waals surface area contributed by atoms with E-state index in [1.54, 1.807) is 25.1 Å². The number of ketones is 1. The van der Waals surface area contributed by atoms with Gasteiger partial charge in [0.15, 0.2) is 17.3 Å². The molecule has 0 aromatic heterocycles. The maximum absolute atomic E-state index is 12.9. The van der Waals surface area contributed by atoms with Crippen molar-refractivity contribution in [2.24, 2.45) is 5.18 Å². The van der Waals surface area contributed by atoms with Gasteiger partial charge in [0.2, 0.25) is 6.29 Å². The fourth-order valence-electron chi connectivity index (χ4n) is 4.17. The summed E-state index contributed by atoms with van der Waals surface area (Å²) in [5.41, 5.74) is 1.52. The van der Waals surface area contributed by atoms with E-state index >= 15 is 0 Å². The molecule has 2 heterocycles. The highest BCUT2D eigenvalue weighted by Gasteiger charge is 2.45. The third-order valence-electron chi connectivity index (χ3n) is 5.94. The van der Waals surface area contributed by atoms with Gasteiger partial charge in [-0.25, -0.2) is 0 Å². The van der Waals surface area contributed by atoms with E-state index in [1.807, 2.05) is 0 Å². The van der Waals surface area contributed by atoms with Gasteiger partial charge in [-0.15, -0.1) is 0 Å². The molecule has 182 valence electrons. The molecule has 2 aliphatic heterocycles. The van der Waals surface area contributed by atoms with Gasteiger partial charge in [0.1, 0.15) is 48.6 Å². The average Bonchev–Trinajstić information content (AvgIpc) is 2.80. The van der Waals surface area contributed by atoms with E-state index in [1.165, 1.54) is 19.2 Å². The first-order chi connectivity index (χ1) is 16.2. The quantitative estimate of drug-likeness (QED) is 0.449. The van der Waals surface area contributed by atoms with Crippen molar-refractivity contribution in [1.29, 1.82) is 0 Å². The number of methoxy groups -OCH3 is 1. The number of rotatable bonds is 6. The maximum Gasteiger partial charge on any atom is 0.229 e. The number of phenols is 1. The van der Waals surface area contributed by atoms with Crippen molar-refractivity contribution < 1.29 is 44.2 Å². The topological polar surface area (TPSA) is 164 Å². The lowest BCUT2D eigenvalue weighted by Gasteiger charge is -2.39. The van der Waals surface area contributed by atoms with Crippen LogP contribution >= 0.6 is 0 Å². The number of carbonyl (C=O) groups is 1. The molecule has 2 aromatic rings. The zero-order chi connectivity index (χ0) is 24.6. The number of aliphatic hydroxyl groups excluding tert-OH is 3. The van der Waals surface area contributed by atoms with Crippen LogP contribution in [-0.2, 0) is 4.74 Å². The van der Waals surface area contributed by atoms with Gasteiger partial charge in [-0.05, 0) is 36.2 Å². The maximum atomic E-state index is 12.9. The lowest BCUT2D eigenvalue weighted by atomic mass is 9.93. The minimum absolute atomic E-state index is 0.0642. The molecule has 34 heavy (non-hydrogen) atoms. The molecular weight excluding hydrogens is 450 g/mol. The second-order valence-corrected chi connectivity index (χ2v) is 8.22. The molecule has 4 N–H and O–H groups in total. The fraction of sp³-hybridized carbons (Fsp3) is 0.435. The standard InChI is InChI=1S/C23H25NO10/c1-10-5-12(32-23-22(29)21(28)20(27)18(34-23)9-24-30)7-17-19(10)14(26)8-16(33-17)11-3-4-15(31-2)13(25)6-11/h3-7,16,18,20-23,25,27-29H,8-9H2,1-2H3. The van der Waals surface area contributed by atoms with Crippen LogP contribution in [-0.4, -0.2) is 70.6 Å².